The molecule has 0 saturated carbocycles. The molecule has 0 radical (unpaired) electrons. The highest BCUT2D eigenvalue weighted by Crippen LogP contribution is 2.36. The number of carbonyl (C=O) groups excluding carboxylic acids is 2. The Morgan fingerprint density at radius 1 is 1.11 bits per heavy atom. The minimum atomic E-state index is -4.63. The van der Waals surface area contributed by atoms with E-state index in [2.05, 4.69) is 36.0 Å². The minimum Gasteiger partial charge on any atom is -0.444 e. The lowest BCUT2D eigenvalue weighted by Crippen LogP contribution is -2.35. The van der Waals surface area contributed by atoms with Crippen LogP contribution in [0.15, 0.2) is 28.8 Å². The maximum atomic E-state index is 13.0. The van der Waals surface area contributed by atoms with Crippen molar-refractivity contribution in [2.45, 2.75) is 58.2 Å². The van der Waals surface area contributed by atoms with E-state index in [1.54, 1.807) is 11.1 Å². The Labute approximate surface area is 207 Å². The molecule has 35 heavy (non-hydrogen) atoms. The van der Waals surface area contributed by atoms with Crippen molar-refractivity contribution in [2.75, 3.05) is 31.5 Å². The number of carbonyl (C=O) groups is 2. The summed E-state index contributed by atoms with van der Waals surface area (Å²) >= 11 is 5.60. The first kappa shape index (κ1) is 27.0. The number of rotatable bonds is 6. The Balaban J connectivity index is 1.47. The van der Waals surface area contributed by atoms with E-state index >= 15 is 0 Å². The van der Waals surface area contributed by atoms with Crippen LogP contribution in [0.4, 0.5) is 18.9 Å². The summed E-state index contributed by atoms with van der Waals surface area (Å²) in [6.07, 6.45) is -2.26. The van der Waals surface area contributed by atoms with Crippen molar-refractivity contribution in [2.24, 2.45) is 0 Å². The van der Waals surface area contributed by atoms with Gasteiger partial charge in [-0.2, -0.15) is 13.2 Å². The molecule has 1 aromatic heterocycles. The molecule has 1 fully saturated rings. The van der Waals surface area contributed by atoms with E-state index in [9.17, 15) is 22.8 Å². The van der Waals surface area contributed by atoms with Crippen molar-refractivity contribution in [1.29, 1.82) is 0 Å². The van der Waals surface area contributed by atoms with Gasteiger partial charge in [-0.25, -0.2) is 4.98 Å². The smallest absolute Gasteiger partial charge is 0.417 e. The first-order chi connectivity index (χ1) is 16.3. The van der Waals surface area contributed by atoms with Crippen molar-refractivity contribution in [1.82, 2.24) is 14.8 Å². The number of hydrogen-bond acceptors (Lipinski definition) is 5. The monoisotopic (exact) mass is 514 g/mol. The lowest BCUT2D eigenvalue weighted by atomic mass is 9.94. The average molecular weight is 515 g/mol. The van der Waals surface area contributed by atoms with E-state index in [1.807, 2.05) is 0 Å². The molecule has 0 spiro atoms. The van der Waals surface area contributed by atoms with Crippen LogP contribution in [-0.2, 0) is 27.7 Å². The number of benzene rings is 1. The summed E-state index contributed by atoms with van der Waals surface area (Å²) in [5.74, 6) is 0.761. The largest absolute Gasteiger partial charge is 0.444 e. The molecule has 7 nitrogen and oxygen atoms in total. The van der Waals surface area contributed by atoms with Crippen molar-refractivity contribution in [3.63, 3.8) is 0 Å². The number of nitrogens with one attached hydrogen (secondary N) is 1. The Hall–Kier alpha value is -2.59. The molecular formula is C24H30ClF3N4O3. The van der Waals surface area contributed by atoms with Crippen LogP contribution in [0, 0.1) is 0 Å². The van der Waals surface area contributed by atoms with Gasteiger partial charge in [-0.05, 0) is 24.6 Å². The van der Waals surface area contributed by atoms with E-state index in [1.165, 1.54) is 6.07 Å². The van der Waals surface area contributed by atoms with Crippen LogP contribution < -0.4 is 5.32 Å². The molecule has 0 bridgehead atoms. The number of oxazole rings is 1. The molecule has 192 valence electrons. The van der Waals surface area contributed by atoms with Gasteiger partial charge in [0.2, 0.25) is 17.7 Å². The van der Waals surface area contributed by atoms with Gasteiger partial charge < -0.3 is 14.6 Å². The summed E-state index contributed by atoms with van der Waals surface area (Å²) in [6.45, 7) is 9.25. The minimum absolute atomic E-state index is 0.0225. The van der Waals surface area contributed by atoms with Crippen LogP contribution in [0.25, 0.3) is 0 Å². The highest BCUT2D eigenvalue weighted by molar-refractivity contribution is 6.31. The number of nitrogens with zero attached hydrogens (tertiary/aromatic N) is 3. The highest BCUT2D eigenvalue weighted by Gasteiger charge is 2.33. The second-order valence-corrected chi connectivity index (χ2v) is 10.0. The predicted molar refractivity (Wildman–Crippen MR) is 126 cm³/mol. The van der Waals surface area contributed by atoms with Crippen LogP contribution in [0.2, 0.25) is 5.02 Å². The van der Waals surface area contributed by atoms with Gasteiger partial charge in [0.15, 0.2) is 0 Å². The Bertz CT molecular complexity index is 1050. The van der Waals surface area contributed by atoms with E-state index < -0.39 is 22.7 Å². The summed E-state index contributed by atoms with van der Waals surface area (Å²) < 4.78 is 44.9. The second-order valence-electron chi connectivity index (χ2n) is 9.62. The maximum Gasteiger partial charge on any atom is 0.417 e. The van der Waals surface area contributed by atoms with Crippen molar-refractivity contribution >= 4 is 29.1 Å². The second kappa shape index (κ2) is 11.0. The Morgan fingerprint density at radius 3 is 2.51 bits per heavy atom. The zero-order chi connectivity index (χ0) is 25.8. The molecule has 11 heteroatoms. The molecule has 2 heterocycles. The van der Waals surface area contributed by atoms with Crippen LogP contribution >= 0.6 is 11.6 Å². The number of aromatic nitrogens is 1. The molecular weight excluding hydrogens is 485 g/mol. The zero-order valence-corrected chi connectivity index (χ0v) is 20.8. The van der Waals surface area contributed by atoms with Crippen molar-refractivity contribution < 1.29 is 27.2 Å². The van der Waals surface area contributed by atoms with Crippen LogP contribution in [0.3, 0.4) is 0 Å². The van der Waals surface area contributed by atoms with Crippen molar-refractivity contribution in [3.05, 3.63) is 46.6 Å². The van der Waals surface area contributed by atoms with Gasteiger partial charge in [0.1, 0.15) is 5.76 Å². The number of anilines is 1. The van der Waals surface area contributed by atoms with Crippen LogP contribution in [0.1, 0.15) is 57.2 Å². The first-order valence-electron chi connectivity index (χ1n) is 11.4. The fourth-order valence-corrected chi connectivity index (χ4v) is 3.95. The summed E-state index contributed by atoms with van der Waals surface area (Å²) in [4.78, 5) is 33.1. The number of halogens is 4. The third-order valence-corrected chi connectivity index (χ3v) is 6.04. The Kier molecular flexibility index (Phi) is 8.48. The van der Waals surface area contributed by atoms with E-state index in [4.69, 9.17) is 16.0 Å². The van der Waals surface area contributed by atoms with E-state index in [-0.39, 0.29) is 29.9 Å². The standard InChI is InChI=1S/C24H30ClF3N4O3/c1-23(2,3)19-14-29-21(35-19)15-31-9-4-10-32(12-11-31)22(34)8-7-20(33)30-16-5-6-18(25)17(13-16)24(26,27)28/h5-6,13-14H,4,7-12,15H2,1-3H3,(H,30,33). The Morgan fingerprint density at radius 2 is 1.86 bits per heavy atom. The molecule has 0 unspecified atom stereocenters. The number of alkyl halides is 3. The van der Waals surface area contributed by atoms with Gasteiger partial charge in [0, 0.05) is 50.1 Å². The molecule has 2 aromatic rings. The lowest BCUT2D eigenvalue weighted by molar-refractivity contribution is -0.137. The van der Waals surface area contributed by atoms with Gasteiger partial charge in [0.05, 0.1) is 23.3 Å². The third-order valence-electron chi connectivity index (χ3n) is 5.71. The quantitative estimate of drug-likeness (QED) is 0.580. The van der Waals surface area contributed by atoms with E-state index in [0.29, 0.717) is 32.1 Å². The van der Waals surface area contributed by atoms with Crippen LogP contribution in [0.5, 0.6) is 0 Å². The van der Waals surface area contributed by atoms with Gasteiger partial charge in [-0.15, -0.1) is 0 Å². The molecule has 1 aromatic carbocycles. The third kappa shape index (κ3) is 7.70. The summed E-state index contributed by atoms with van der Waals surface area (Å²) in [5, 5.41) is 1.96. The van der Waals surface area contributed by atoms with Crippen molar-refractivity contribution in [3.8, 4) is 0 Å². The predicted octanol–water partition coefficient (Wildman–Crippen LogP) is 5.10. The molecule has 2 amide bonds. The number of hydrogen-bond donors (Lipinski definition) is 1. The van der Waals surface area contributed by atoms with Gasteiger partial charge in [0.25, 0.3) is 0 Å². The molecule has 0 atom stereocenters. The van der Waals surface area contributed by atoms with Gasteiger partial charge in [-0.1, -0.05) is 32.4 Å². The first-order valence-corrected chi connectivity index (χ1v) is 11.8. The fourth-order valence-electron chi connectivity index (χ4n) is 3.72. The summed E-state index contributed by atoms with van der Waals surface area (Å²) in [6, 6.07) is 3.15. The topological polar surface area (TPSA) is 78.7 Å². The molecule has 0 aliphatic carbocycles. The zero-order valence-electron chi connectivity index (χ0n) is 20.0. The van der Waals surface area contributed by atoms with Gasteiger partial charge in [-0.3, -0.25) is 14.5 Å². The van der Waals surface area contributed by atoms with Crippen LogP contribution in [-0.4, -0.2) is 52.8 Å². The molecule has 3 rings (SSSR count). The summed E-state index contributed by atoms with van der Waals surface area (Å²) in [7, 11) is 0. The molecule has 1 aliphatic heterocycles. The fraction of sp³-hybridized carbons (Fsp3) is 0.542. The normalized spacial score (nSPS) is 15.7. The lowest BCUT2D eigenvalue weighted by Gasteiger charge is -2.21. The number of amides is 2. The SMILES string of the molecule is CC(C)(C)c1cnc(CN2CCCN(C(=O)CCC(=O)Nc3ccc(Cl)c(C(F)(F)F)c3)CC2)o1. The molecule has 1 aliphatic rings. The summed E-state index contributed by atoms with van der Waals surface area (Å²) in [5.41, 5.74) is -1.17. The average Bonchev–Trinajstić information content (AvgIpc) is 3.11. The molecule has 1 N–H and O–H groups in total. The van der Waals surface area contributed by atoms with Gasteiger partial charge >= 0.3 is 6.18 Å². The highest BCUT2D eigenvalue weighted by atomic mass is 35.5. The van der Waals surface area contributed by atoms with E-state index in [0.717, 1.165) is 30.9 Å². The maximum absolute atomic E-state index is 13.0. The molecule has 1 saturated heterocycles.